The monoisotopic (exact) mass is 263 g/mol. The Labute approximate surface area is 116 Å². The summed E-state index contributed by atoms with van der Waals surface area (Å²) in [5, 5.41) is 12.6. The molecule has 3 heteroatoms. The normalized spacial score (nSPS) is 14.5. The number of ether oxygens (including phenoxy) is 1. The molecule has 0 heterocycles. The van der Waals surface area contributed by atoms with E-state index in [0.29, 0.717) is 5.92 Å². The Hall–Kier alpha value is -1.32. The quantitative estimate of drug-likeness (QED) is 0.709. The molecule has 2 unspecified atom stereocenters. The molecule has 0 saturated carbocycles. The van der Waals surface area contributed by atoms with E-state index < -0.39 is 0 Å². The summed E-state index contributed by atoms with van der Waals surface area (Å²) in [7, 11) is 1.68. The molecular formula is C16H25NO2. The maximum atomic E-state index is 9.28. The van der Waals surface area contributed by atoms with Gasteiger partial charge < -0.3 is 15.2 Å². The van der Waals surface area contributed by atoms with E-state index in [0.717, 1.165) is 30.8 Å². The number of para-hydroxylation sites is 1. The van der Waals surface area contributed by atoms with Gasteiger partial charge in [-0.2, -0.15) is 0 Å². The van der Waals surface area contributed by atoms with Gasteiger partial charge in [0.05, 0.1) is 13.2 Å². The molecule has 0 aliphatic rings. The van der Waals surface area contributed by atoms with Crippen molar-refractivity contribution in [1.29, 1.82) is 0 Å². The minimum atomic E-state index is -0.221. The minimum absolute atomic E-state index is 0.221. The van der Waals surface area contributed by atoms with Gasteiger partial charge in [0, 0.05) is 12.1 Å². The summed E-state index contributed by atoms with van der Waals surface area (Å²) in [5.74, 6) is 1.38. The van der Waals surface area contributed by atoms with Gasteiger partial charge in [0.15, 0.2) is 0 Å². The fraction of sp³-hybridized carbons (Fsp3) is 0.500. The van der Waals surface area contributed by atoms with E-state index in [9.17, 15) is 5.11 Å². The first-order valence-corrected chi connectivity index (χ1v) is 6.81. The molecule has 2 atom stereocenters. The van der Waals surface area contributed by atoms with Crippen LogP contribution in [0.15, 0.2) is 30.3 Å². The Morgan fingerprint density at radius 2 is 2.05 bits per heavy atom. The average molecular weight is 263 g/mol. The molecule has 0 fully saturated rings. The van der Waals surface area contributed by atoms with Crippen molar-refractivity contribution < 1.29 is 9.84 Å². The second-order valence-corrected chi connectivity index (χ2v) is 4.99. The summed E-state index contributed by atoms with van der Waals surface area (Å²) in [4.78, 5) is 0. The number of methoxy groups -OCH3 is 1. The molecule has 0 spiro atoms. The van der Waals surface area contributed by atoms with Gasteiger partial charge in [0.1, 0.15) is 5.75 Å². The fourth-order valence-corrected chi connectivity index (χ4v) is 2.07. The maximum absolute atomic E-state index is 9.28. The number of aliphatic hydroxyl groups excluding tert-OH is 1. The summed E-state index contributed by atoms with van der Waals surface area (Å²) in [6.45, 7) is 5.71. The second-order valence-electron chi connectivity index (χ2n) is 4.99. The van der Waals surface area contributed by atoms with Crippen molar-refractivity contribution in [3.05, 3.63) is 35.9 Å². The number of aliphatic hydroxyl groups is 1. The van der Waals surface area contributed by atoms with Gasteiger partial charge in [0.25, 0.3) is 0 Å². The second kappa shape index (κ2) is 8.73. The zero-order valence-electron chi connectivity index (χ0n) is 12.1. The lowest BCUT2D eigenvalue weighted by Gasteiger charge is -2.13. The van der Waals surface area contributed by atoms with E-state index in [-0.39, 0.29) is 6.10 Å². The van der Waals surface area contributed by atoms with Crippen LogP contribution in [0.3, 0.4) is 0 Å². The van der Waals surface area contributed by atoms with E-state index in [1.807, 2.05) is 31.2 Å². The van der Waals surface area contributed by atoms with E-state index in [4.69, 9.17) is 4.74 Å². The van der Waals surface area contributed by atoms with Gasteiger partial charge in [-0.05, 0) is 31.9 Å². The molecule has 3 nitrogen and oxygen atoms in total. The van der Waals surface area contributed by atoms with Crippen LogP contribution in [0.5, 0.6) is 5.75 Å². The molecule has 0 aliphatic carbocycles. The van der Waals surface area contributed by atoms with Crippen molar-refractivity contribution in [3.8, 4) is 5.75 Å². The van der Waals surface area contributed by atoms with Gasteiger partial charge >= 0.3 is 0 Å². The maximum Gasteiger partial charge on any atom is 0.126 e. The van der Waals surface area contributed by atoms with Crippen LogP contribution in [0.25, 0.3) is 6.08 Å². The highest BCUT2D eigenvalue weighted by atomic mass is 16.5. The standard InChI is InChI=1S/C16H25NO2/c1-13(11-14(2)18)12-17-10-6-8-15-7-4-5-9-16(15)19-3/h4-9,13-14,17-18H,10-12H2,1-3H3. The largest absolute Gasteiger partial charge is 0.496 e. The van der Waals surface area contributed by atoms with Crippen molar-refractivity contribution in [2.45, 2.75) is 26.4 Å². The summed E-state index contributed by atoms with van der Waals surface area (Å²) in [5.41, 5.74) is 1.09. The highest BCUT2D eigenvalue weighted by Crippen LogP contribution is 2.18. The van der Waals surface area contributed by atoms with E-state index in [1.165, 1.54) is 0 Å². The van der Waals surface area contributed by atoms with Gasteiger partial charge in [-0.1, -0.05) is 37.3 Å². The van der Waals surface area contributed by atoms with Crippen LogP contribution in [-0.2, 0) is 0 Å². The van der Waals surface area contributed by atoms with Crippen molar-refractivity contribution in [1.82, 2.24) is 5.32 Å². The fourth-order valence-electron chi connectivity index (χ4n) is 2.07. The predicted octanol–water partition coefficient (Wildman–Crippen LogP) is 2.71. The predicted molar refractivity (Wildman–Crippen MR) is 80.4 cm³/mol. The first-order valence-electron chi connectivity index (χ1n) is 6.81. The Balaban J connectivity index is 2.30. The zero-order chi connectivity index (χ0) is 14.1. The van der Waals surface area contributed by atoms with Crippen molar-refractivity contribution >= 4 is 6.08 Å². The van der Waals surface area contributed by atoms with Crippen LogP contribution in [0, 0.1) is 5.92 Å². The third-order valence-corrected chi connectivity index (χ3v) is 2.93. The minimum Gasteiger partial charge on any atom is -0.496 e. The number of nitrogens with one attached hydrogen (secondary N) is 1. The van der Waals surface area contributed by atoms with Crippen LogP contribution in [0.2, 0.25) is 0 Å². The number of benzene rings is 1. The number of hydrogen-bond acceptors (Lipinski definition) is 3. The first-order chi connectivity index (χ1) is 9.13. The van der Waals surface area contributed by atoms with Crippen LogP contribution < -0.4 is 10.1 Å². The van der Waals surface area contributed by atoms with Crippen LogP contribution in [0.1, 0.15) is 25.8 Å². The smallest absolute Gasteiger partial charge is 0.126 e. The van der Waals surface area contributed by atoms with Crippen LogP contribution in [-0.4, -0.2) is 31.4 Å². The summed E-state index contributed by atoms with van der Waals surface area (Å²) >= 11 is 0. The molecule has 0 saturated heterocycles. The highest BCUT2D eigenvalue weighted by molar-refractivity contribution is 5.57. The van der Waals surface area contributed by atoms with E-state index in [2.05, 4.69) is 24.4 Å². The topological polar surface area (TPSA) is 41.5 Å². The number of hydrogen-bond donors (Lipinski definition) is 2. The molecule has 1 aromatic rings. The molecule has 1 rings (SSSR count). The van der Waals surface area contributed by atoms with Crippen LogP contribution >= 0.6 is 0 Å². The van der Waals surface area contributed by atoms with Crippen molar-refractivity contribution in [3.63, 3.8) is 0 Å². The third-order valence-electron chi connectivity index (χ3n) is 2.93. The van der Waals surface area contributed by atoms with Gasteiger partial charge in [0.2, 0.25) is 0 Å². The molecule has 1 aromatic carbocycles. The Bertz CT molecular complexity index is 388. The molecule has 0 aliphatic heterocycles. The average Bonchev–Trinajstić information content (AvgIpc) is 2.38. The Kier molecular flexibility index (Phi) is 7.23. The highest BCUT2D eigenvalue weighted by Gasteiger charge is 2.04. The molecule has 0 amide bonds. The first kappa shape index (κ1) is 15.7. The number of rotatable bonds is 8. The molecule has 0 radical (unpaired) electrons. The lowest BCUT2D eigenvalue weighted by atomic mass is 10.1. The molecule has 0 aromatic heterocycles. The van der Waals surface area contributed by atoms with Crippen molar-refractivity contribution in [2.75, 3.05) is 20.2 Å². The zero-order valence-corrected chi connectivity index (χ0v) is 12.1. The van der Waals surface area contributed by atoms with E-state index in [1.54, 1.807) is 7.11 Å². The SMILES string of the molecule is COc1ccccc1C=CCNCC(C)CC(C)O. The summed E-state index contributed by atoms with van der Waals surface area (Å²) < 4.78 is 5.28. The van der Waals surface area contributed by atoms with Gasteiger partial charge in [-0.25, -0.2) is 0 Å². The molecule has 0 bridgehead atoms. The molecular weight excluding hydrogens is 238 g/mol. The summed E-state index contributed by atoms with van der Waals surface area (Å²) in [6.07, 6.45) is 4.77. The molecule has 106 valence electrons. The summed E-state index contributed by atoms with van der Waals surface area (Å²) in [6, 6.07) is 7.95. The Morgan fingerprint density at radius 1 is 1.32 bits per heavy atom. The third kappa shape index (κ3) is 6.41. The van der Waals surface area contributed by atoms with E-state index >= 15 is 0 Å². The van der Waals surface area contributed by atoms with Crippen LogP contribution in [0.4, 0.5) is 0 Å². The molecule has 2 N–H and O–H groups in total. The lowest BCUT2D eigenvalue weighted by molar-refractivity contribution is 0.163. The van der Waals surface area contributed by atoms with Crippen molar-refractivity contribution in [2.24, 2.45) is 5.92 Å². The molecule has 19 heavy (non-hydrogen) atoms. The van der Waals surface area contributed by atoms with Gasteiger partial charge in [-0.15, -0.1) is 0 Å². The lowest BCUT2D eigenvalue weighted by Crippen LogP contribution is -2.23. The Morgan fingerprint density at radius 3 is 2.74 bits per heavy atom. The van der Waals surface area contributed by atoms with Gasteiger partial charge in [-0.3, -0.25) is 0 Å².